The van der Waals surface area contributed by atoms with Crippen LogP contribution in [0.2, 0.25) is 0 Å². The van der Waals surface area contributed by atoms with Crippen LogP contribution in [0.15, 0.2) is 6.07 Å². The monoisotopic (exact) mass is 392 g/mol. The molecule has 1 N–H and O–H groups in total. The number of amides is 2. The molecule has 2 amide bonds. The zero-order valence-electron chi connectivity index (χ0n) is 17.3. The minimum atomic E-state index is -1.02. The zero-order valence-corrected chi connectivity index (χ0v) is 17.3. The normalized spacial score (nSPS) is 17.5. The molecule has 0 radical (unpaired) electrons. The maximum absolute atomic E-state index is 13.2. The molecule has 0 aliphatic carbocycles. The van der Waals surface area contributed by atoms with E-state index < -0.39 is 5.97 Å². The average Bonchev–Trinajstić information content (AvgIpc) is 2.87. The molecule has 1 aliphatic rings. The highest BCUT2D eigenvalue weighted by Crippen LogP contribution is 2.22. The largest absolute Gasteiger partial charge is 0.480 e. The van der Waals surface area contributed by atoms with Gasteiger partial charge in [-0.15, -0.1) is 0 Å². The lowest BCUT2D eigenvalue weighted by atomic mass is 10.1. The first-order valence-electron chi connectivity index (χ1n) is 10.1. The maximum atomic E-state index is 13.2. The van der Waals surface area contributed by atoms with Crippen molar-refractivity contribution in [1.29, 1.82) is 0 Å². The van der Waals surface area contributed by atoms with Gasteiger partial charge >= 0.3 is 5.97 Å². The lowest BCUT2D eigenvalue weighted by Gasteiger charge is -2.29. The number of rotatable bonds is 7. The minimum Gasteiger partial charge on any atom is -0.480 e. The summed E-state index contributed by atoms with van der Waals surface area (Å²) < 4.78 is 1.85. The van der Waals surface area contributed by atoms with E-state index in [9.17, 15) is 14.4 Å². The Morgan fingerprint density at radius 2 is 1.93 bits per heavy atom. The lowest BCUT2D eigenvalue weighted by molar-refractivity contribution is -0.145. The van der Waals surface area contributed by atoms with Gasteiger partial charge < -0.3 is 14.9 Å². The van der Waals surface area contributed by atoms with E-state index in [-0.39, 0.29) is 30.4 Å². The zero-order chi connectivity index (χ0) is 20.8. The topological polar surface area (TPSA) is 95.7 Å². The number of carbonyl (C=O) groups excluding carboxylic acids is 2. The van der Waals surface area contributed by atoms with Gasteiger partial charge in [-0.05, 0) is 45.1 Å². The van der Waals surface area contributed by atoms with Crippen molar-refractivity contribution in [2.24, 2.45) is 0 Å². The van der Waals surface area contributed by atoms with E-state index in [0.717, 1.165) is 25.0 Å². The molecule has 8 nitrogen and oxygen atoms in total. The fourth-order valence-electron chi connectivity index (χ4n) is 3.99. The second-order valence-corrected chi connectivity index (χ2v) is 7.50. The summed E-state index contributed by atoms with van der Waals surface area (Å²) in [7, 11) is 0. The summed E-state index contributed by atoms with van der Waals surface area (Å²) >= 11 is 0. The summed E-state index contributed by atoms with van der Waals surface area (Å²) in [6, 6.07) is 1.88. The Labute approximate surface area is 166 Å². The molecule has 0 bridgehead atoms. The third-order valence-electron chi connectivity index (χ3n) is 5.50. The molecule has 1 unspecified atom stereocenters. The molecule has 1 aromatic heterocycles. The number of carboxylic acid groups (broad SMARTS) is 1. The maximum Gasteiger partial charge on any atom is 0.323 e. The van der Waals surface area contributed by atoms with Crippen LogP contribution in [-0.4, -0.2) is 68.1 Å². The Morgan fingerprint density at radius 3 is 2.50 bits per heavy atom. The third kappa shape index (κ3) is 5.11. The summed E-state index contributed by atoms with van der Waals surface area (Å²) in [5.74, 6) is -1.30. The van der Waals surface area contributed by atoms with E-state index in [0.29, 0.717) is 31.6 Å². The lowest BCUT2D eigenvalue weighted by Crippen LogP contribution is -2.43. The molecule has 2 rings (SSSR count). The van der Waals surface area contributed by atoms with Gasteiger partial charge in [0, 0.05) is 26.1 Å². The van der Waals surface area contributed by atoms with Crippen molar-refractivity contribution >= 4 is 17.8 Å². The summed E-state index contributed by atoms with van der Waals surface area (Å²) in [6.45, 7) is 8.28. The van der Waals surface area contributed by atoms with Gasteiger partial charge in [-0.2, -0.15) is 5.10 Å². The molecule has 8 heteroatoms. The SMILES string of the molecule is CCC(CC)n1nc(C)cc1C(=O)N1CCCC(N(CC(=O)O)C(C)=O)CC1. The van der Waals surface area contributed by atoms with Gasteiger partial charge in [-0.25, -0.2) is 0 Å². The summed E-state index contributed by atoms with van der Waals surface area (Å²) in [5.41, 5.74) is 1.44. The van der Waals surface area contributed by atoms with Crippen LogP contribution in [0.3, 0.4) is 0 Å². The van der Waals surface area contributed by atoms with Gasteiger partial charge in [-0.1, -0.05) is 13.8 Å². The fourth-order valence-corrected chi connectivity index (χ4v) is 3.99. The Balaban J connectivity index is 2.15. The Morgan fingerprint density at radius 1 is 1.25 bits per heavy atom. The third-order valence-corrected chi connectivity index (χ3v) is 5.50. The number of aryl methyl sites for hydroxylation is 1. The number of nitrogens with zero attached hydrogens (tertiary/aromatic N) is 4. The van der Waals surface area contributed by atoms with E-state index in [1.807, 2.05) is 22.6 Å². The first-order valence-corrected chi connectivity index (χ1v) is 10.1. The molecule has 1 saturated heterocycles. The van der Waals surface area contributed by atoms with Gasteiger partial charge in [0.05, 0.1) is 11.7 Å². The second kappa shape index (κ2) is 9.71. The van der Waals surface area contributed by atoms with E-state index in [4.69, 9.17) is 5.11 Å². The van der Waals surface area contributed by atoms with Crippen LogP contribution in [0.4, 0.5) is 0 Å². The molecule has 0 spiro atoms. The molecule has 1 aromatic rings. The number of likely N-dealkylation sites (tertiary alicyclic amines) is 1. The number of carbonyl (C=O) groups is 3. The van der Waals surface area contributed by atoms with Crippen molar-refractivity contribution in [1.82, 2.24) is 19.6 Å². The van der Waals surface area contributed by atoms with Gasteiger partial charge in [0.1, 0.15) is 12.2 Å². The van der Waals surface area contributed by atoms with Crippen LogP contribution in [0.1, 0.15) is 75.1 Å². The number of aliphatic carboxylic acids is 1. The van der Waals surface area contributed by atoms with Crippen molar-refractivity contribution in [2.45, 2.75) is 71.9 Å². The Bertz CT molecular complexity index is 711. The van der Waals surface area contributed by atoms with Crippen LogP contribution in [-0.2, 0) is 9.59 Å². The number of carboxylic acids is 1. The first-order chi connectivity index (χ1) is 13.3. The average molecular weight is 393 g/mol. The molecule has 1 atom stereocenters. The minimum absolute atomic E-state index is 0.0410. The van der Waals surface area contributed by atoms with Crippen LogP contribution < -0.4 is 0 Å². The quantitative estimate of drug-likeness (QED) is 0.769. The van der Waals surface area contributed by atoms with E-state index in [1.54, 1.807) is 0 Å². The van der Waals surface area contributed by atoms with Crippen molar-refractivity contribution in [2.75, 3.05) is 19.6 Å². The number of hydrogen-bond acceptors (Lipinski definition) is 4. The van der Waals surface area contributed by atoms with Crippen molar-refractivity contribution < 1.29 is 19.5 Å². The molecule has 2 heterocycles. The van der Waals surface area contributed by atoms with Crippen molar-refractivity contribution in [3.8, 4) is 0 Å². The predicted molar refractivity (Wildman–Crippen MR) is 105 cm³/mol. The highest BCUT2D eigenvalue weighted by molar-refractivity contribution is 5.92. The first kappa shape index (κ1) is 21.9. The van der Waals surface area contributed by atoms with Crippen molar-refractivity contribution in [3.05, 3.63) is 17.5 Å². The smallest absolute Gasteiger partial charge is 0.323 e. The highest BCUT2D eigenvalue weighted by Gasteiger charge is 2.29. The second-order valence-electron chi connectivity index (χ2n) is 7.50. The van der Waals surface area contributed by atoms with Gasteiger partial charge in [0.15, 0.2) is 0 Å². The molecule has 156 valence electrons. The molecule has 0 saturated carbocycles. The van der Waals surface area contributed by atoms with Crippen LogP contribution >= 0.6 is 0 Å². The highest BCUT2D eigenvalue weighted by atomic mass is 16.4. The van der Waals surface area contributed by atoms with Crippen LogP contribution in [0, 0.1) is 6.92 Å². The van der Waals surface area contributed by atoms with Gasteiger partial charge in [-0.3, -0.25) is 19.1 Å². The van der Waals surface area contributed by atoms with Crippen LogP contribution in [0.5, 0.6) is 0 Å². The van der Waals surface area contributed by atoms with E-state index >= 15 is 0 Å². The Hall–Kier alpha value is -2.38. The molecule has 0 aromatic carbocycles. The molecular weight excluding hydrogens is 360 g/mol. The number of hydrogen-bond donors (Lipinski definition) is 1. The molecule has 1 fully saturated rings. The van der Waals surface area contributed by atoms with E-state index in [2.05, 4.69) is 18.9 Å². The Kier molecular flexibility index (Phi) is 7.60. The van der Waals surface area contributed by atoms with E-state index in [1.165, 1.54) is 11.8 Å². The van der Waals surface area contributed by atoms with Gasteiger partial charge in [0.2, 0.25) is 5.91 Å². The fraction of sp³-hybridized carbons (Fsp3) is 0.700. The number of aromatic nitrogens is 2. The van der Waals surface area contributed by atoms with Crippen molar-refractivity contribution in [3.63, 3.8) is 0 Å². The summed E-state index contributed by atoms with van der Waals surface area (Å²) in [5, 5.41) is 13.6. The summed E-state index contributed by atoms with van der Waals surface area (Å²) in [6.07, 6.45) is 3.82. The predicted octanol–water partition coefficient (Wildman–Crippen LogP) is 2.48. The van der Waals surface area contributed by atoms with Gasteiger partial charge in [0.25, 0.3) is 5.91 Å². The summed E-state index contributed by atoms with van der Waals surface area (Å²) in [4.78, 5) is 39.4. The molecule has 28 heavy (non-hydrogen) atoms. The van der Waals surface area contributed by atoms with Crippen LogP contribution in [0.25, 0.3) is 0 Å². The molecule has 1 aliphatic heterocycles. The molecular formula is C20H32N4O4. The standard InChI is InChI=1S/C20H32N4O4/c1-5-16(6-2)24-18(12-14(3)21-24)20(28)22-10-7-8-17(9-11-22)23(15(4)25)13-19(26)27/h12,16-17H,5-11,13H2,1-4H3,(H,26,27).